The van der Waals surface area contributed by atoms with E-state index in [0.717, 1.165) is 19.3 Å². The highest BCUT2D eigenvalue weighted by atomic mass is 16.6. The zero-order valence-corrected chi connectivity index (χ0v) is 14.2. The summed E-state index contributed by atoms with van der Waals surface area (Å²) in [6.07, 6.45) is 8.95. The van der Waals surface area contributed by atoms with Gasteiger partial charge in [-0.3, -0.25) is 0 Å². The average molecular weight is 285 g/mol. The number of amides is 1. The first-order valence-electron chi connectivity index (χ1n) is 8.52. The third kappa shape index (κ3) is 9.22. The van der Waals surface area contributed by atoms with Gasteiger partial charge in [0, 0.05) is 6.04 Å². The van der Waals surface area contributed by atoms with Gasteiger partial charge in [-0.25, -0.2) is 4.79 Å². The van der Waals surface area contributed by atoms with Crippen molar-refractivity contribution in [1.82, 2.24) is 5.32 Å². The van der Waals surface area contributed by atoms with E-state index < -0.39 is 0 Å². The molecule has 3 nitrogen and oxygen atoms in total. The molecule has 3 atom stereocenters. The molecule has 0 aliphatic heterocycles. The van der Waals surface area contributed by atoms with Gasteiger partial charge in [0.1, 0.15) is 6.10 Å². The lowest BCUT2D eigenvalue weighted by Gasteiger charge is -2.25. The van der Waals surface area contributed by atoms with Gasteiger partial charge >= 0.3 is 6.09 Å². The van der Waals surface area contributed by atoms with Crippen LogP contribution in [0.4, 0.5) is 4.79 Å². The molecule has 0 saturated heterocycles. The standard InChI is InChI=1S/C17H35NO2/c1-6-9-12-14(4)20-17(19)18-15(5)16(11-8-3)13-10-7-2/h14-16H,6-13H2,1-5H3,(H,18,19). The molecule has 0 rings (SSSR count). The summed E-state index contributed by atoms with van der Waals surface area (Å²) in [6.45, 7) is 10.6. The van der Waals surface area contributed by atoms with Crippen molar-refractivity contribution < 1.29 is 9.53 Å². The van der Waals surface area contributed by atoms with Crippen LogP contribution in [-0.4, -0.2) is 18.2 Å². The molecular weight excluding hydrogens is 250 g/mol. The first kappa shape index (κ1) is 19.3. The fourth-order valence-electron chi connectivity index (χ4n) is 2.55. The number of hydrogen-bond acceptors (Lipinski definition) is 2. The lowest BCUT2D eigenvalue weighted by atomic mass is 9.91. The van der Waals surface area contributed by atoms with E-state index in [-0.39, 0.29) is 18.2 Å². The molecule has 0 aromatic carbocycles. The van der Waals surface area contributed by atoms with Gasteiger partial charge in [-0.2, -0.15) is 0 Å². The van der Waals surface area contributed by atoms with E-state index >= 15 is 0 Å². The summed E-state index contributed by atoms with van der Waals surface area (Å²) >= 11 is 0. The maximum absolute atomic E-state index is 11.9. The molecule has 3 unspecified atom stereocenters. The summed E-state index contributed by atoms with van der Waals surface area (Å²) in [7, 11) is 0. The number of carbonyl (C=O) groups is 1. The van der Waals surface area contributed by atoms with Crippen LogP contribution in [0.3, 0.4) is 0 Å². The highest BCUT2D eigenvalue weighted by molar-refractivity contribution is 5.67. The Morgan fingerprint density at radius 1 is 0.950 bits per heavy atom. The molecule has 1 N–H and O–H groups in total. The highest BCUT2D eigenvalue weighted by Gasteiger charge is 2.19. The fourth-order valence-corrected chi connectivity index (χ4v) is 2.55. The van der Waals surface area contributed by atoms with Crippen LogP contribution in [0, 0.1) is 5.92 Å². The first-order chi connectivity index (χ1) is 9.54. The zero-order valence-electron chi connectivity index (χ0n) is 14.2. The zero-order chi connectivity index (χ0) is 15.4. The minimum absolute atomic E-state index is 0.0161. The molecule has 0 aliphatic carbocycles. The van der Waals surface area contributed by atoms with Crippen molar-refractivity contribution in [1.29, 1.82) is 0 Å². The summed E-state index contributed by atoms with van der Waals surface area (Å²) in [6, 6.07) is 0.201. The van der Waals surface area contributed by atoms with Gasteiger partial charge in [0.15, 0.2) is 0 Å². The Morgan fingerprint density at radius 3 is 2.10 bits per heavy atom. The van der Waals surface area contributed by atoms with Crippen LogP contribution in [-0.2, 0) is 4.74 Å². The number of hydrogen-bond donors (Lipinski definition) is 1. The first-order valence-corrected chi connectivity index (χ1v) is 8.52. The van der Waals surface area contributed by atoms with Crippen LogP contribution < -0.4 is 5.32 Å². The molecule has 3 heteroatoms. The van der Waals surface area contributed by atoms with Gasteiger partial charge in [-0.05, 0) is 39.0 Å². The number of nitrogens with one attached hydrogen (secondary N) is 1. The topological polar surface area (TPSA) is 38.3 Å². The number of alkyl carbamates (subject to hydrolysis) is 1. The molecule has 0 bridgehead atoms. The predicted octanol–water partition coefficient (Wildman–Crippen LogP) is 5.29. The molecule has 0 saturated carbocycles. The number of rotatable bonds is 11. The SMILES string of the molecule is CCCCC(C)OC(=O)NC(C)C(CCC)CCCC. The maximum Gasteiger partial charge on any atom is 0.407 e. The fraction of sp³-hybridized carbons (Fsp3) is 0.941. The van der Waals surface area contributed by atoms with E-state index in [4.69, 9.17) is 4.74 Å². The molecule has 0 aromatic heterocycles. The normalized spacial score (nSPS) is 15.4. The monoisotopic (exact) mass is 285 g/mol. The maximum atomic E-state index is 11.9. The minimum Gasteiger partial charge on any atom is -0.447 e. The van der Waals surface area contributed by atoms with Gasteiger partial charge in [0.25, 0.3) is 0 Å². The minimum atomic E-state index is -0.251. The van der Waals surface area contributed by atoms with Crippen molar-refractivity contribution in [2.24, 2.45) is 5.92 Å². The largest absolute Gasteiger partial charge is 0.447 e. The van der Waals surface area contributed by atoms with Gasteiger partial charge in [-0.1, -0.05) is 52.9 Å². The van der Waals surface area contributed by atoms with Gasteiger partial charge in [-0.15, -0.1) is 0 Å². The Kier molecular flexibility index (Phi) is 11.6. The van der Waals surface area contributed by atoms with Gasteiger partial charge < -0.3 is 10.1 Å². The summed E-state index contributed by atoms with van der Waals surface area (Å²) in [5, 5.41) is 3.02. The summed E-state index contributed by atoms with van der Waals surface area (Å²) in [5.74, 6) is 0.568. The van der Waals surface area contributed by atoms with Crippen molar-refractivity contribution in [3.05, 3.63) is 0 Å². The van der Waals surface area contributed by atoms with Crippen LogP contribution in [0.25, 0.3) is 0 Å². The molecule has 0 aromatic rings. The third-order valence-electron chi connectivity index (χ3n) is 3.91. The van der Waals surface area contributed by atoms with E-state index in [1.807, 2.05) is 6.92 Å². The second-order valence-corrected chi connectivity index (χ2v) is 5.98. The predicted molar refractivity (Wildman–Crippen MR) is 86.0 cm³/mol. The van der Waals surface area contributed by atoms with Crippen molar-refractivity contribution in [3.63, 3.8) is 0 Å². The van der Waals surface area contributed by atoms with Crippen LogP contribution in [0.5, 0.6) is 0 Å². The van der Waals surface area contributed by atoms with E-state index in [2.05, 4.69) is 33.0 Å². The van der Waals surface area contributed by atoms with Gasteiger partial charge in [0.2, 0.25) is 0 Å². The third-order valence-corrected chi connectivity index (χ3v) is 3.91. The number of carbonyl (C=O) groups excluding carboxylic acids is 1. The van der Waals surface area contributed by atoms with E-state index in [0.29, 0.717) is 5.92 Å². The molecule has 0 aliphatic rings. The Hall–Kier alpha value is -0.730. The Balaban J connectivity index is 4.11. The summed E-state index contributed by atoms with van der Waals surface area (Å²) in [4.78, 5) is 11.9. The molecule has 0 spiro atoms. The van der Waals surface area contributed by atoms with Crippen molar-refractivity contribution in [3.8, 4) is 0 Å². The van der Waals surface area contributed by atoms with Gasteiger partial charge in [0.05, 0.1) is 0 Å². The Morgan fingerprint density at radius 2 is 1.55 bits per heavy atom. The molecule has 0 radical (unpaired) electrons. The molecule has 1 amide bonds. The molecular formula is C17H35NO2. The Bertz CT molecular complexity index is 243. The average Bonchev–Trinajstić information content (AvgIpc) is 2.40. The number of ether oxygens (including phenoxy) is 1. The highest BCUT2D eigenvalue weighted by Crippen LogP contribution is 2.19. The summed E-state index contributed by atoms with van der Waals surface area (Å²) < 4.78 is 5.41. The second-order valence-electron chi connectivity index (χ2n) is 5.98. The van der Waals surface area contributed by atoms with Crippen LogP contribution >= 0.6 is 0 Å². The van der Waals surface area contributed by atoms with Crippen molar-refractivity contribution >= 4 is 6.09 Å². The number of unbranched alkanes of at least 4 members (excludes halogenated alkanes) is 2. The Labute approximate surface area is 125 Å². The van der Waals surface area contributed by atoms with E-state index in [1.165, 1.54) is 32.1 Å². The van der Waals surface area contributed by atoms with E-state index in [1.54, 1.807) is 0 Å². The van der Waals surface area contributed by atoms with E-state index in [9.17, 15) is 4.79 Å². The lowest BCUT2D eigenvalue weighted by Crippen LogP contribution is -2.39. The molecule has 20 heavy (non-hydrogen) atoms. The van der Waals surface area contributed by atoms with Crippen molar-refractivity contribution in [2.75, 3.05) is 0 Å². The lowest BCUT2D eigenvalue weighted by molar-refractivity contribution is 0.0951. The van der Waals surface area contributed by atoms with Crippen LogP contribution in [0.1, 0.15) is 86.0 Å². The summed E-state index contributed by atoms with van der Waals surface area (Å²) in [5.41, 5.74) is 0. The van der Waals surface area contributed by atoms with Crippen LogP contribution in [0.2, 0.25) is 0 Å². The second kappa shape index (κ2) is 12.0. The molecule has 0 fully saturated rings. The van der Waals surface area contributed by atoms with Crippen molar-refractivity contribution in [2.45, 2.75) is 98.1 Å². The molecule has 0 heterocycles. The molecule has 120 valence electrons. The quantitative estimate of drug-likeness (QED) is 0.560. The smallest absolute Gasteiger partial charge is 0.407 e. The van der Waals surface area contributed by atoms with Crippen LogP contribution in [0.15, 0.2) is 0 Å².